The molecule has 0 fully saturated rings. The zero-order valence-electron chi connectivity index (χ0n) is 11.2. The molecule has 7 heteroatoms. The first-order chi connectivity index (χ1) is 9.19. The Morgan fingerprint density at radius 3 is 2.63 bits per heavy atom. The molecule has 2 heterocycles. The number of rotatable bonds is 4. The number of aromatic nitrogens is 2. The smallest absolute Gasteiger partial charge is 0.191 e. The van der Waals surface area contributed by atoms with Crippen LogP contribution < -0.4 is 10.6 Å². The Kier molecular flexibility index (Phi) is 4.86. The molecule has 0 amide bonds. The summed E-state index contributed by atoms with van der Waals surface area (Å²) >= 11 is 3.35. The molecular weight excluding hydrogens is 278 g/mol. The fourth-order valence-electron chi connectivity index (χ4n) is 1.52. The van der Waals surface area contributed by atoms with Gasteiger partial charge in [0.15, 0.2) is 5.96 Å². The second-order valence-electron chi connectivity index (χ2n) is 4.00. The van der Waals surface area contributed by atoms with E-state index >= 15 is 0 Å². The molecule has 0 bridgehead atoms. The van der Waals surface area contributed by atoms with Gasteiger partial charge < -0.3 is 10.6 Å². The van der Waals surface area contributed by atoms with Crippen LogP contribution in [0.5, 0.6) is 0 Å². The van der Waals surface area contributed by atoms with Crippen molar-refractivity contribution in [3.8, 4) is 0 Å². The lowest BCUT2D eigenvalue weighted by molar-refractivity contribution is 0.807. The van der Waals surface area contributed by atoms with Gasteiger partial charge in [-0.25, -0.2) is 9.97 Å². The molecule has 5 nitrogen and oxygen atoms in total. The molecule has 0 aliphatic heterocycles. The monoisotopic (exact) mass is 295 g/mol. The van der Waals surface area contributed by atoms with E-state index in [2.05, 4.69) is 32.5 Å². The predicted molar refractivity (Wildman–Crippen MR) is 80.7 cm³/mol. The van der Waals surface area contributed by atoms with Crippen molar-refractivity contribution in [1.82, 2.24) is 20.6 Å². The molecular formula is C12H17N5S2. The maximum Gasteiger partial charge on any atom is 0.191 e. The van der Waals surface area contributed by atoms with Crippen LogP contribution in [0.3, 0.4) is 0 Å². The molecule has 0 unspecified atom stereocenters. The Morgan fingerprint density at radius 1 is 1.26 bits per heavy atom. The SMILES string of the molecule is CN=C(NCc1ncc(C)s1)NCc1scnc1C. The zero-order chi connectivity index (χ0) is 13.7. The highest BCUT2D eigenvalue weighted by Crippen LogP contribution is 2.11. The normalized spacial score (nSPS) is 11.6. The Bertz CT molecular complexity index is 558. The molecule has 0 aliphatic rings. The van der Waals surface area contributed by atoms with Crippen LogP contribution in [0.15, 0.2) is 16.7 Å². The van der Waals surface area contributed by atoms with Gasteiger partial charge >= 0.3 is 0 Å². The van der Waals surface area contributed by atoms with E-state index < -0.39 is 0 Å². The van der Waals surface area contributed by atoms with E-state index in [1.165, 1.54) is 9.75 Å². The minimum atomic E-state index is 0.694. The van der Waals surface area contributed by atoms with E-state index in [-0.39, 0.29) is 0 Å². The number of guanidine groups is 1. The summed E-state index contributed by atoms with van der Waals surface area (Å²) in [5.74, 6) is 0.778. The molecule has 0 aliphatic carbocycles. The van der Waals surface area contributed by atoms with Crippen molar-refractivity contribution < 1.29 is 0 Å². The van der Waals surface area contributed by atoms with Crippen LogP contribution in [0.25, 0.3) is 0 Å². The predicted octanol–water partition coefficient (Wildman–Crippen LogP) is 2.08. The van der Waals surface area contributed by atoms with E-state index in [4.69, 9.17) is 0 Å². The van der Waals surface area contributed by atoms with E-state index in [0.717, 1.165) is 23.2 Å². The maximum atomic E-state index is 4.31. The molecule has 0 aromatic carbocycles. The van der Waals surface area contributed by atoms with Crippen LogP contribution in [0.2, 0.25) is 0 Å². The highest BCUT2D eigenvalue weighted by Gasteiger charge is 2.04. The molecule has 2 aromatic heterocycles. The summed E-state index contributed by atoms with van der Waals surface area (Å²) in [6.07, 6.45) is 1.89. The quantitative estimate of drug-likeness (QED) is 0.670. The summed E-state index contributed by atoms with van der Waals surface area (Å²) < 4.78 is 0. The summed E-state index contributed by atoms with van der Waals surface area (Å²) in [6.45, 7) is 5.51. The van der Waals surface area contributed by atoms with Gasteiger partial charge in [-0.1, -0.05) is 0 Å². The fourth-order valence-corrected chi connectivity index (χ4v) is 2.97. The average molecular weight is 295 g/mol. The summed E-state index contributed by atoms with van der Waals surface area (Å²) in [6, 6.07) is 0. The summed E-state index contributed by atoms with van der Waals surface area (Å²) in [4.78, 5) is 15.2. The number of hydrogen-bond acceptors (Lipinski definition) is 5. The van der Waals surface area contributed by atoms with E-state index in [1.807, 2.05) is 18.6 Å². The van der Waals surface area contributed by atoms with E-state index in [9.17, 15) is 0 Å². The van der Waals surface area contributed by atoms with Gasteiger partial charge in [-0.3, -0.25) is 4.99 Å². The maximum absolute atomic E-state index is 4.31. The Hall–Kier alpha value is -1.47. The molecule has 102 valence electrons. The van der Waals surface area contributed by atoms with Crippen LogP contribution in [-0.4, -0.2) is 23.0 Å². The molecule has 2 aromatic rings. The minimum absolute atomic E-state index is 0.694. The van der Waals surface area contributed by atoms with Crippen LogP contribution in [0, 0.1) is 13.8 Å². The third kappa shape index (κ3) is 4.00. The summed E-state index contributed by atoms with van der Waals surface area (Å²) in [7, 11) is 1.77. The van der Waals surface area contributed by atoms with Gasteiger partial charge in [0.25, 0.3) is 0 Å². The highest BCUT2D eigenvalue weighted by molar-refractivity contribution is 7.11. The molecule has 2 N–H and O–H groups in total. The topological polar surface area (TPSA) is 62.2 Å². The molecule has 19 heavy (non-hydrogen) atoms. The first-order valence-electron chi connectivity index (χ1n) is 5.94. The van der Waals surface area contributed by atoms with Crippen molar-refractivity contribution in [1.29, 1.82) is 0 Å². The van der Waals surface area contributed by atoms with Crippen LogP contribution >= 0.6 is 22.7 Å². The lowest BCUT2D eigenvalue weighted by Gasteiger charge is -2.10. The summed E-state index contributed by atoms with van der Waals surface area (Å²) in [5, 5.41) is 7.59. The van der Waals surface area contributed by atoms with Crippen molar-refractivity contribution in [2.24, 2.45) is 4.99 Å². The van der Waals surface area contributed by atoms with E-state index in [0.29, 0.717) is 6.54 Å². The first-order valence-corrected chi connectivity index (χ1v) is 7.63. The Morgan fingerprint density at radius 2 is 2.05 bits per heavy atom. The standard InChI is InChI=1S/C12H17N5S2/c1-8-4-14-11(19-8)6-16-12(13-3)15-5-10-9(2)17-7-18-10/h4,7H,5-6H2,1-3H3,(H2,13,15,16). The van der Waals surface area contributed by atoms with Crippen LogP contribution in [0.4, 0.5) is 0 Å². The number of hydrogen-bond donors (Lipinski definition) is 2. The fraction of sp³-hybridized carbons (Fsp3) is 0.417. The summed E-state index contributed by atoms with van der Waals surface area (Å²) in [5.41, 5.74) is 2.93. The third-order valence-corrected chi connectivity index (χ3v) is 4.41. The third-order valence-electron chi connectivity index (χ3n) is 2.56. The Balaban J connectivity index is 1.82. The lowest BCUT2D eigenvalue weighted by Crippen LogP contribution is -2.36. The molecule has 0 saturated heterocycles. The van der Waals surface area contributed by atoms with Crippen LogP contribution in [-0.2, 0) is 13.1 Å². The van der Waals surface area contributed by atoms with Gasteiger partial charge in [0.1, 0.15) is 5.01 Å². The first kappa shape index (κ1) is 14.0. The second kappa shape index (κ2) is 6.63. The molecule has 0 saturated carbocycles. The van der Waals surface area contributed by atoms with Crippen LogP contribution in [0.1, 0.15) is 20.5 Å². The number of thiazole rings is 2. The Labute approximate surface area is 120 Å². The van der Waals surface area contributed by atoms with E-state index in [1.54, 1.807) is 29.7 Å². The van der Waals surface area contributed by atoms with Gasteiger partial charge in [-0.05, 0) is 13.8 Å². The number of aryl methyl sites for hydroxylation is 2. The largest absolute Gasteiger partial charge is 0.351 e. The van der Waals surface area contributed by atoms with Gasteiger partial charge in [-0.2, -0.15) is 0 Å². The lowest BCUT2D eigenvalue weighted by atomic mass is 10.4. The van der Waals surface area contributed by atoms with Crippen molar-refractivity contribution in [3.05, 3.63) is 32.2 Å². The molecule has 0 radical (unpaired) electrons. The van der Waals surface area contributed by atoms with Gasteiger partial charge in [0.2, 0.25) is 0 Å². The number of nitrogens with one attached hydrogen (secondary N) is 2. The van der Waals surface area contributed by atoms with Crippen molar-refractivity contribution in [3.63, 3.8) is 0 Å². The van der Waals surface area contributed by atoms with Crippen molar-refractivity contribution in [2.75, 3.05) is 7.05 Å². The van der Waals surface area contributed by atoms with Gasteiger partial charge in [-0.15, -0.1) is 22.7 Å². The number of aliphatic imine (C=N–C) groups is 1. The van der Waals surface area contributed by atoms with Gasteiger partial charge in [0.05, 0.1) is 24.3 Å². The molecule has 0 spiro atoms. The van der Waals surface area contributed by atoms with Gasteiger partial charge in [0, 0.05) is 23.0 Å². The molecule has 2 rings (SSSR count). The second-order valence-corrected chi connectivity index (χ2v) is 6.26. The number of nitrogens with zero attached hydrogens (tertiary/aromatic N) is 3. The van der Waals surface area contributed by atoms with Crippen molar-refractivity contribution in [2.45, 2.75) is 26.9 Å². The average Bonchev–Trinajstić information content (AvgIpc) is 2.99. The molecule has 0 atom stereocenters. The highest BCUT2D eigenvalue weighted by atomic mass is 32.1. The zero-order valence-corrected chi connectivity index (χ0v) is 12.9. The van der Waals surface area contributed by atoms with Crippen molar-refractivity contribution >= 4 is 28.6 Å². The minimum Gasteiger partial charge on any atom is -0.351 e.